The Labute approximate surface area is 167 Å². The van der Waals surface area contributed by atoms with Crippen molar-refractivity contribution in [3.63, 3.8) is 0 Å². The lowest BCUT2D eigenvalue weighted by Crippen LogP contribution is -2.34. The molecule has 0 aliphatic heterocycles. The van der Waals surface area contributed by atoms with Crippen LogP contribution in [0.1, 0.15) is 20.8 Å². The van der Waals surface area contributed by atoms with Crippen LogP contribution in [0.4, 0.5) is 4.79 Å². The minimum atomic E-state index is -0.507. The molecule has 0 saturated carbocycles. The Kier molecular flexibility index (Phi) is 16.7. The number of hydrogen-bond acceptors (Lipinski definition) is 9. The normalized spacial score (nSPS) is 11.3. The van der Waals surface area contributed by atoms with Gasteiger partial charge in [-0.05, 0) is 20.8 Å². The van der Waals surface area contributed by atoms with Crippen molar-refractivity contribution >= 4 is 12.1 Å². The van der Waals surface area contributed by atoms with Crippen LogP contribution in [0.2, 0.25) is 0 Å². The lowest BCUT2D eigenvalue weighted by molar-refractivity contribution is -0.146. The van der Waals surface area contributed by atoms with Gasteiger partial charge in [0.05, 0.1) is 66.6 Å². The highest BCUT2D eigenvalue weighted by molar-refractivity contribution is 5.70. The lowest BCUT2D eigenvalue weighted by Gasteiger charge is -2.19. The number of hydrogen-bond donors (Lipinski definition) is 1. The summed E-state index contributed by atoms with van der Waals surface area (Å²) >= 11 is 0. The third-order valence-electron chi connectivity index (χ3n) is 2.85. The van der Waals surface area contributed by atoms with Gasteiger partial charge >= 0.3 is 12.1 Å². The average Bonchev–Trinajstić information content (AvgIpc) is 2.62. The first-order valence-corrected chi connectivity index (χ1v) is 9.27. The number of rotatable bonds is 17. The lowest BCUT2D eigenvalue weighted by atomic mass is 10.2. The molecular formula is C18H35NO9. The molecule has 1 amide bonds. The topological polar surface area (TPSA) is 111 Å². The SMILES string of the molecule is COC(=O)COCCOCCOCCOCCOCCNC(=O)OC(C)(C)C. The average molecular weight is 409 g/mol. The van der Waals surface area contributed by atoms with Crippen LogP contribution in [0.5, 0.6) is 0 Å². The molecule has 0 radical (unpaired) electrons. The second-order valence-electron chi connectivity index (χ2n) is 6.51. The van der Waals surface area contributed by atoms with Gasteiger partial charge in [0.15, 0.2) is 0 Å². The summed E-state index contributed by atoms with van der Waals surface area (Å²) < 4.78 is 35.9. The smallest absolute Gasteiger partial charge is 0.407 e. The van der Waals surface area contributed by atoms with Gasteiger partial charge in [-0.2, -0.15) is 0 Å². The molecule has 0 fully saturated rings. The molecule has 0 aliphatic rings. The van der Waals surface area contributed by atoms with E-state index in [1.807, 2.05) is 20.8 Å². The summed E-state index contributed by atoms with van der Waals surface area (Å²) in [6.07, 6.45) is -0.456. The fourth-order valence-corrected chi connectivity index (χ4v) is 1.63. The Bertz CT molecular complexity index is 399. The minimum absolute atomic E-state index is 0.0718. The van der Waals surface area contributed by atoms with Crippen molar-refractivity contribution in [3.05, 3.63) is 0 Å². The van der Waals surface area contributed by atoms with Gasteiger partial charge in [0.2, 0.25) is 0 Å². The van der Waals surface area contributed by atoms with E-state index in [2.05, 4.69) is 10.1 Å². The van der Waals surface area contributed by atoms with E-state index in [0.717, 1.165) is 0 Å². The van der Waals surface area contributed by atoms with Gasteiger partial charge in [-0.25, -0.2) is 9.59 Å². The van der Waals surface area contributed by atoms with E-state index in [1.165, 1.54) is 7.11 Å². The van der Waals surface area contributed by atoms with E-state index in [-0.39, 0.29) is 6.61 Å². The van der Waals surface area contributed by atoms with Crippen molar-refractivity contribution in [3.8, 4) is 0 Å². The number of alkyl carbamates (subject to hydrolysis) is 1. The molecule has 0 heterocycles. The molecule has 0 aromatic carbocycles. The van der Waals surface area contributed by atoms with Crippen LogP contribution < -0.4 is 5.32 Å². The largest absolute Gasteiger partial charge is 0.467 e. The molecular weight excluding hydrogens is 374 g/mol. The molecule has 28 heavy (non-hydrogen) atoms. The molecule has 166 valence electrons. The predicted molar refractivity (Wildman–Crippen MR) is 100 cm³/mol. The zero-order chi connectivity index (χ0) is 21.1. The van der Waals surface area contributed by atoms with E-state index in [1.54, 1.807) is 0 Å². The number of nitrogens with one attached hydrogen (secondary N) is 1. The van der Waals surface area contributed by atoms with Crippen molar-refractivity contribution in [1.29, 1.82) is 0 Å². The molecule has 1 N–H and O–H groups in total. The van der Waals surface area contributed by atoms with Gasteiger partial charge in [0.25, 0.3) is 0 Å². The number of methoxy groups -OCH3 is 1. The maximum atomic E-state index is 11.4. The van der Waals surface area contributed by atoms with Gasteiger partial charge in [0.1, 0.15) is 12.2 Å². The van der Waals surface area contributed by atoms with Crippen molar-refractivity contribution in [1.82, 2.24) is 5.32 Å². The Morgan fingerprint density at radius 2 is 1.14 bits per heavy atom. The number of carbonyl (C=O) groups is 2. The van der Waals surface area contributed by atoms with Gasteiger partial charge in [0, 0.05) is 6.54 Å². The monoisotopic (exact) mass is 409 g/mol. The number of esters is 1. The summed E-state index contributed by atoms with van der Waals surface area (Å²) in [6, 6.07) is 0. The highest BCUT2D eigenvalue weighted by Gasteiger charge is 2.15. The fourth-order valence-electron chi connectivity index (χ4n) is 1.63. The molecule has 0 bridgehead atoms. The number of amides is 1. The van der Waals surface area contributed by atoms with Crippen LogP contribution >= 0.6 is 0 Å². The molecule has 0 rings (SSSR count). The Morgan fingerprint density at radius 3 is 1.57 bits per heavy atom. The van der Waals surface area contributed by atoms with Crippen molar-refractivity contribution in [2.75, 3.05) is 79.7 Å². The number of ether oxygens (including phenoxy) is 7. The van der Waals surface area contributed by atoms with Crippen LogP contribution in [0.15, 0.2) is 0 Å². The fraction of sp³-hybridized carbons (Fsp3) is 0.889. The van der Waals surface area contributed by atoms with E-state index >= 15 is 0 Å². The zero-order valence-electron chi connectivity index (χ0n) is 17.5. The van der Waals surface area contributed by atoms with Crippen molar-refractivity contribution in [2.45, 2.75) is 26.4 Å². The Balaban J connectivity index is 3.16. The molecule has 0 saturated heterocycles. The quantitative estimate of drug-likeness (QED) is 0.275. The summed E-state index contributed by atoms with van der Waals surface area (Å²) in [5.41, 5.74) is -0.507. The summed E-state index contributed by atoms with van der Waals surface area (Å²) in [6.45, 7) is 9.53. The molecule has 0 aliphatic carbocycles. The Morgan fingerprint density at radius 1 is 0.714 bits per heavy atom. The molecule has 10 nitrogen and oxygen atoms in total. The van der Waals surface area contributed by atoms with E-state index < -0.39 is 17.7 Å². The Hall–Kier alpha value is -1.46. The third-order valence-corrected chi connectivity index (χ3v) is 2.85. The second-order valence-corrected chi connectivity index (χ2v) is 6.51. The minimum Gasteiger partial charge on any atom is -0.467 e. The molecule has 0 aromatic heterocycles. The van der Waals surface area contributed by atoms with Crippen LogP contribution in [-0.4, -0.2) is 97.4 Å². The van der Waals surface area contributed by atoms with Gasteiger partial charge in [-0.15, -0.1) is 0 Å². The first kappa shape index (κ1) is 26.5. The van der Waals surface area contributed by atoms with E-state index in [4.69, 9.17) is 28.4 Å². The first-order valence-electron chi connectivity index (χ1n) is 9.27. The maximum absolute atomic E-state index is 11.4. The molecule has 0 atom stereocenters. The van der Waals surface area contributed by atoms with Crippen LogP contribution in [0.25, 0.3) is 0 Å². The highest BCUT2D eigenvalue weighted by atomic mass is 16.6. The van der Waals surface area contributed by atoms with Crippen molar-refractivity contribution in [2.24, 2.45) is 0 Å². The summed E-state index contributed by atoms with van der Waals surface area (Å²) in [7, 11) is 1.31. The zero-order valence-corrected chi connectivity index (χ0v) is 17.5. The van der Waals surface area contributed by atoms with E-state index in [9.17, 15) is 9.59 Å². The van der Waals surface area contributed by atoms with Gasteiger partial charge in [-0.3, -0.25) is 0 Å². The standard InChI is InChI=1S/C18H35NO9/c1-18(2,3)28-17(21)19-5-6-23-7-8-24-9-10-25-11-12-26-13-14-27-15-16(20)22-4/h5-15H2,1-4H3,(H,19,21). The third kappa shape index (κ3) is 20.8. The highest BCUT2D eigenvalue weighted by Crippen LogP contribution is 2.05. The van der Waals surface area contributed by atoms with E-state index in [0.29, 0.717) is 66.0 Å². The predicted octanol–water partition coefficient (Wildman–Crippen LogP) is 0.767. The summed E-state index contributed by atoms with van der Waals surface area (Å²) in [5.74, 6) is -0.411. The van der Waals surface area contributed by atoms with Crippen LogP contribution in [0.3, 0.4) is 0 Å². The van der Waals surface area contributed by atoms with Crippen molar-refractivity contribution < 1.29 is 42.7 Å². The maximum Gasteiger partial charge on any atom is 0.407 e. The van der Waals surface area contributed by atoms with Gasteiger partial charge in [-0.1, -0.05) is 0 Å². The molecule has 0 spiro atoms. The molecule has 10 heteroatoms. The molecule has 0 unspecified atom stereocenters. The second kappa shape index (κ2) is 17.6. The van der Waals surface area contributed by atoms with Crippen LogP contribution in [0, 0.1) is 0 Å². The number of carbonyl (C=O) groups excluding carboxylic acids is 2. The van der Waals surface area contributed by atoms with Crippen LogP contribution in [-0.2, 0) is 38.0 Å². The molecule has 0 aromatic rings. The summed E-state index contributed by atoms with van der Waals surface area (Å²) in [4.78, 5) is 22.2. The van der Waals surface area contributed by atoms with Gasteiger partial charge < -0.3 is 38.5 Å². The first-order chi connectivity index (χ1) is 13.3. The summed E-state index contributed by atoms with van der Waals surface area (Å²) in [5, 5.41) is 2.61.